The molecule has 0 bridgehead atoms. The summed E-state index contributed by atoms with van der Waals surface area (Å²) in [6.45, 7) is 2.05. The number of hydrogen-bond acceptors (Lipinski definition) is 3. The summed E-state index contributed by atoms with van der Waals surface area (Å²) in [6.07, 6.45) is 0. The summed E-state index contributed by atoms with van der Waals surface area (Å²) in [7, 11) is 0. The first-order valence-corrected chi connectivity index (χ1v) is 8.00. The third-order valence-electron chi connectivity index (χ3n) is 2.75. The lowest BCUT2D eigenvalue weighted by atomic mass is 10.2. The first kappa shape index (κ1) is 14.3. The zero-order valence-electron chi connectivity index (χ0n) is 10.7. The Morgan fingerprint density at radius 2 is 1.68 bits per heavy atom. The van der Waals surface area contributed by atoms with Crippen molar-refractivity contribution in [1.82, 2.24) is 0 Å². The topological polar surface area (TPSA) is 26.0 Å². The van der Waals surface area contributed by atoms with Crippen molar-refractivity contribution in [2.24, 2.45) is 0 Å². The fourth-order valence-electron chi connectivity index (χ4n) is 1.63. The molecule has 2 aromatic rings. The minimum atomic E-state index is -0.186. The van der Waals surface area contributed by atoms with Gasteiger partial charge >= 0.3 is 0 Å². The van der Waals surface area contributed by atoms with Gasteiger partial charge in [0.15, 0.2) is 0 Å². The summed E-state index contributed by atoms with van der Waals surface area (Å²) in [5.74, 6) is 1.81. The van der Waals surface area contributed by atoms with E-state index in [1.54, 1.807) is 11.8 Å². The second kappa shape index (κ2) is 6.87. The van der Waals surface area contributed by atoms with Gasteiger partial charge in [-0.3, -0.25) is 0 Å². The quantitative estimate of drug-likeness (QED) is 0.495. The third-order valence-corrected chi connectivity index (χ3v) is 5.18. The van der Waals surface area contributed by atoms with Gasteiger partial charge in [0.25, 0.3) is 0 Å². The van der Waals surface area contributed by atoms with Crippen molar-refractivity contribution < 1.29 is 4.39 Å². The Labute approximate surface area is 121 Å². The van der Waals surface area contributed by atoms with Crippen LogP contribution in [0.2, 0.25) is 0 Å². The van der Waals surface area contributed by atoms with Crippen LogP contribution in [-0.4, -0.2) is 11.5 Å². The average molecular weight is 293 g/mol. The van der Waals surface area contributed by atoms with Gasteiger partial charge < -0.3 is 5.73 Å². The lowest BCUT2D eigenvalue weighted by molar-refractivity contribution is 0.626. The summed E-state index contributed by atoms with van der Waals surface area (Å²) in [6, 6.07) is 12.6. The summed E-state index contributed by atoms with van der Waals surface area (Å²) in [5, 5.41) is 0. The zero-order chi connectivity index (χ0) is 13.7. The first-order valence-electron chi connectivity index (χ1n) is 6.03. The lowest BCUT2D eigenvalue weighted by Crippen LogP contribution is -1.92. The highest BCUT2D eigenvalue weighted by Crippen LogP contribution is 2.28. The van der Waals surface area contributed by atoms with Crippen LogP contribution in [0.5, 0.6) is 0 Å². The van der Waals surface area contributed by atoms with Crippen molar-refractivity contribution in [1.29, 1.82) is 0 Å². The fraction of sp³-hybridized carbons (Fsp3) is 0.200. The molecule has 4 heteroatoms. The molecule has 2 N–H and O–H groups in total. The lowest BCUT2D eigenvalue weighted by Gasteiger charge is -2.07. The highest BCUT2D eigenvalue weighted by atomic mass is 32.2. The minimum Gasteiger partial charge on any atom is -0.398 e. The van der Waals surface area contributed by atoms with E-state index < -0.39 is 0 Å². The number of rotatable bonds is 5. The van der Waals surface area contributed by atoms with Crippen molar-refractivity contribution in [2.45, 2.75) is 16.7 Å². The maximum atomic E-state index is 12.8. The molecule has 19 heavy (non-hydrogen) atoms. The van der Waals surface area contributed by atoms with E-state index in [4.69, 9.17) is 5.73 Å². The van der Waals surface area contributed by atoms with Crippen molar-refractivity contribution in [3.63, 3.8) is 0 Å². The van der Waals surface area contributed by atoms with Crippen molar-refractivity contribution in [3.05, 3.63) is 53.8 Å². The van der Waals surface area contributed by atoms with Gasteiger partial charge in [-0.15, -0.1) is 23.5 Å². The average Bonchev–Trinajstić information content (AvgIpc) is 2.41. The largest absolute Gasteiger partial charge is 0.398 e. The second-order valence-electron chi connectivity index (χ2n) is 4.12. The van der Waals surface area contributed by atoms with Crippen LogP contribution >= 0.6 is 23.5 Å². The SMILES string of the molecule is Cc1c(N)cccc1SCCSc1ccc(F)cc1. The van der Waals surface area contributed by atoms with E-state index in [1.165, 1.54) is 17.0 Å². The maximum Gasteiger partial charge on any atom is 0.123 e. The highest BCUT2D eigenvalue weighted by Gasteiger charge is 2.02. The van der Waals surface area contributed by atoms with Crippen molar-refractivity contribution in [2.75, 3.05) is 17.2 Å². The van der Waals surface area contributed by atoms with Crippen LogP contribution in [0.1, 0.15) is 5.56 Å². The number of thioether (sulfide) groups is 2. The Balaban J connectivity index is 1.81. The molecular formula is C15H16FNS2. The van der Waals surface area contributed by atoms with E-state index in [0.717, 1.165) is 27.7 Å². The van der Waals surface area contributed by atoms with Crippen molar-refractivity contribution in [3.8, 4) is 0 Å². The van der Waals surface area contributed by atoms with E-state index in [-0.39, 0.29) is 5.82 Å². The van der Waals surface area contributed by atoms with E-state index in [0.29, 0.717) is 0 Å². The van der Waals surface area contributed by atoms with Crippen LogP contribution in [0.25, 0.3) is 0 Å². The Hall–Kier alpha value is -1.13. The predicted octanol–water partition coefficient (Wildman–Crippen LogP) is 4.60. The smallest absolute Gasteiger partial charge is 0.123 e. The highest BCUT2D eigenvalue weighted by molar-refractivity contribution is 8.03. The molecule has 0 amide bonds. The molecule has 0 fully saturated rings. The molecule has 0 unspecified atom stereocenters. The molecule has 0 aliphatic rings. The number of nitrogens with two attached hydrogens (primary N) is 1. The predicted molar refractivity (Wildman–Crippen MR) is 83.4 cm³/mol. The van der Waals surface area contributed by atoms with E-state index >= 15 is 0 Å². The number of hydrogen-bond donors (Lipinski definition) is 1. The van der Waals surface area contributed by atoms with Gasteiger partial charge in [-0.05, 0) is 48.9 Å². The molecule has 2 rings (SSSR count). The standard InChI is InChI=1S/C15H16FNS2/c1-11-14(17)3-2-4-15(11)19-10-9-18-13-7-5-12(16)6-8-13/h2-8H,9-10,17H2,1H3. The number of halogens is 1. The van der Waals surface area contributed by atoms with Crippen LogP contribution in [0.4, 0.5) is 10.1 Å². The molecule has 0 heterocycles. The maximum absolute atomic E-state index is 12.8. The molecule has 100 valence electrons. The van der Waals surface area contributed by atoms with E-state index in [2.05, 4.69) is 6.07 Å². The number of benzene rings is 2. The van der Waals surface area contributed by atoms with Gasteiger partial charge in [-0.2, -0.15) is 0 Å². The van der Waals surface area contributed by atoms with Crippen LogP contribution in [0.15, 0.2) is 52.3 Å². The summed E-state index contributed by atoms with van der Waals surface area (Å²) >= 11 is 3.55. The molecule has 0 aromatic heterocycles. The fourth-order valence-corrected chi connectivity index (χ4v) is 3.59. The van der Waals surface area contributed by atoms with Crippen LogP contribution in [0, 0.1) is 12.7 Å². The summed E-state index contributed by atoms with van der Waals surface area (Å²) in [5.41, 5.74) is 7.87. The number of anilines is 1. The summed E-state index contributed by atoms with van der Waals surface area (Å²) in [4.78, 5) is 2.34. The van der Waals surface area contributed by atoms with Crippen LogP contribution in [0.3, 0.4) is 0 Å². The molecule has 0 spiro atoms. The van der Waals surface area contributed by atoms with Crippen molar-refractivity contribution >= 4 is 29.2 Å². The number of nitrogen functional groups attached to an aromatic ring is 1. The van der Waals surface area contributed by atoms with Gasteiger partial charge in [0.1, 0.15) is 5.82 Å². The Kier molecular flexibility index (Phi) is 5.16. The minimum absolute atomic E-state index is 0.186. The monoisotopic (exact) mass is 293 g/mol. The molecule has 1 nitrogen and oxygen atoms in total. The van der Waals surface area contributed by atoms with E-state index in [9.17, 15) is 4.39 Å². The van der Waals surface area contributed by atoms with Gasteiger partial charge in [0.05, 0.1) is 0 Å². The Morgan fingerprint density at radius 3 is 2.42 bits per heavy atom. The molecule has 0 radical (unpaired) electrons. The van der Waals surface area contributed by atoms with Gasteiger partial charge in [-0.25, -0.2) is 4.39 Å². The van der Waals surface area contributed by atoms with Crippen LogP contribution < -0.4 is 5.73 Å². The molecule has 0 atom stereocenters. The zero-order valence-corrected chi connectivity index (χ0v) is 12.4. The molecule has 0 saturated carbocycles. The van der Waals surface area contributed by atoms with Gasteiger partial charge in [0.2, 0.25) is 0 Å². The van der Waals surface area contributed by atoms with Crippen LogP contribution in [-0.2, 0) is 0 Å². The van der Waals surface area contributed by atoms with Gasteiger partial charge in [0, 0.05) is 27.0 Å². The Bertz CT molecular complexity index is 540. The molecular weight excluding hydrogens is 277 g/mol. The molecule has 0 saturated heterocycles. The summed E-state index contributed by atoms with van der Waals surface area (Å²) < 4.78 is 12.8. The molecule has 0 aliphatic heterocycles. The van der Waals surface area contributed by atoms with Gasteiger partial charge in [-0.1, -0.05) is 6.07 Å². The second-order valence-corrected chi connectivity index (χ2v) is 6.43. The molecule has 0 aliphatic carbocycles. The first-order chi connectivity index (χ1) is 9.16. The molecule has 2 aromatic carbocycles. The normalized spacial score (nSPS) is 10.6. The Morgan fingerprint density at radius 1 is 1.00 bits per heavy atom. The third kappa shape index (κ3) is 4.18. The van der Waals surface area contributed by atoms with E-state index in [1.807, 2.05) is 43.0 Å².